The highest BCUT2D eigenvalue weighted by atomic mass is 35.5. The molecule has 2 amide bonds. The van der Waals surface area contributed by atoms with E-state index in [9.17, 15) is 9.59 Å². The number of anilines is 1. The first-order chi connectivity index (χ1) is 7.09. The summed E-state index contributed by atoms with van der Waals surface area (Å²) < 4.78 is 0. The normalized spacial score (nSPS) is 15.9. The van der Waals surface area contributed by atoms with Crippen LogP contribution in [-0.4, -0.2) is 11.8 Å². The third kappa shape index (κ3) is 1.66. The van der Waals surface area contributed by atoms with Crippen molar-refractivity contribution in [3.63, 3.8) is 0 Å². The second kappa shape index (κ2) is 3.51. The molecule has 0 radical (unpaired) electrons. The lowest BCUT2D eigenvalue weighted by Crippen LogP contribution is -2.30. The fourth-order valence-electron chi connectivity index (χ4n) is 1.45. The minimum atomic E-state index is -0.320. The molecule has 1 aromatic carbocycles. The molecule has 0 unspecified atom stereocenters. The molecule has 3 nitrogen and oxygen atoms in total. The van der Waals surface area contributed by atoms with Gasteiger partial charge in [-0.3, -0.25) is 9.59 Å². The van der Waals surface area contributed by atoms with Crippen LogP contribution in [0.3, 0.4) is 0 Å². The SMILES string of the molecule is CC1=CC(=O)N(c2cccc(Cl)c2)C1=O. The predicted molar refractivity (Wildman–Crippen MR) is 57.7 cm³/mol. The third-order valence-corrected chi connectivity index (χ3v) is 2.40. The number of benzene rings is 1. The summed E-state index contributed by atoms with van der Waals surface area (Å²) in [5.41, 5.74) is 0.950. The van der Waals surface area contributed by atoms with Crippen LogP contribution in [0.15, 0.2) is 35.9 Å². The van der Waals surface area contributed by atoms with Crippen molar-refractivity contribution in [3.8, 4) is 0 Å². The first-order valence-corrected chi connectivity index (χ1v) is 4.79. The first kappa shape index (κ1) is 9.93. The highest BCUT2D eigenvalue weighted by Gasteiger charge is 2.29. The second-order valence-electron chi connectivity index (χ2n) is 3.29. The number of carbonyl (C=O) groups is 2. The van der Waals surface area contributed by atoms with E-state index in [-0.39, 0.29) is 11.8 Å². The van der Waals surface area contributed by atoms with Crippen molar-refractivity contribution in [2.75, 3.05) is 4.90 Å². The van der Waals surface area contributed by atoms with Crippen molar-refractivity contribution in [2.45, 2.75) is 6.92 Å². The van der Waals surface area contributed by atoms with Crippen LogP contribution in [0, 0.1) is 0 Å². The fourth-order valence-corrected chi connectivity index (χ4v) is 1.63. The zero-order chi connectivity index (χ0) is 11.0. The van der Waals surface area contributed by atoms with Crippen LogP contribution in [-0.2, 0) is 9.59 Å². The molecule has 2 rings (SSSR count). The van der Waals surface area contributed by atoms with Gasteiger partial charge >= 0.3 is 0 Å². The summed E-state index contributed by atoms with van der Waals surface area (Å²) in [6.45, 7) is 1.62. The largest absolute Gasteiger partial charge is 0.269 e. The number of nitrogens with zero attached hydrogens (tertiary/aromatic N) is 1. The molecule has 0 saturated carbocycles. The Bertz CT molecular complexity index is 479. The van der Waals surface area contributed by atoms with Crippen LogP contribution in [0.1, 0.15) is 6.92 Å². The van der Waals surface area contributed by atoms with E-state index in [1.54, 1.807) is 31.2 Å². The van der Waals surface area contributed by atoms with Gasteiger partial charge in [0.05, 0.1) is 5.69 Å². The molecular formula is C11H8ClNO2. The average molecular weight is 222 g/mol. The number of amides is 2. The molecular weight excluding hydrogens is 214 g/mol. The lowest BCUT2D eigenvalue weighted by Gasteiger charge is -2.14. The van der Waals surface area contributed by atoms with Gasteiger partial charge in [0, 0.05) is 16.7 Å². The third-order valence-electron chi connectivity index (χ3n) is 2.17. The van der Waals surface area contributed by atoms with Crippen LogP contribution < -0.4 is 4.90 Å². The predicted octanol–water partition coefficient (Wildman–Crippen LogP) is 2.16. The summed E-state index contributed by atoms with van der Waals surface area (Å²) in [5, 5.41) is 0.498. The molecule has 0 N–H and O–H groups in total. The van der Waals surface area contributed by atoms with Gasteiger partial charge in [0.15, 0.2) is 0 Å². The minimum Gasteiger partial charge on any atom is -0.269 e. The van der Waals surface area contributed by atoms with E-state index in [0.29, 0.717) is 16.3 Å². The lowest BCUT2D eigenvalue weighted by atomic mass is 10.3. The Labute approximate surface area is 91.9 Å². The Hall–Kier alpha value is -1.61. The fraction of sp³-hybridized carbons (Fsp3) is 0.0909. The van der Waals surface area contributed by atoms with E-state index in [0.717, 1.165) is 4.90 Å². The first-order valence-electron chi connectivity index (χ1n) is 4.42. The highest BCUT2D eigenvalue weighted by Crippen LogP contribution is 2.24. The average Bonchev–Trinajstić information content (AvgIpc) is 2.41. The van der Waals surface area contributed by atoms with Gasteiger partial charge in [0.2, 0.25) is 0 Å². The maximum absolute atomic E-state index is 11.6. The quantitative estimate of drug-likeness (QED) is 0.682. The number of imide groups is 1. The molecule has 1 aliphatic rings. The van der Waals surface area contributed by atoms with Gasteiger partial charge in [-0.25, -0.2) is 4.90 Å². The van der Waals surface area contributed by atoms with Gasteiger partial charge in [-0.2, -0.15) is 0 Å². The topological polar surface area (TPSA) is 37.4 Å². The second-order valence-corrected chi connectivity index (χ2v) is 3.72. The molecule has 0 atom stereocenters. The smallest absolute Gasteiger partial charge is 0.261 e. The van der Waals surface area contributed by atoms with Crippen LogP contribution >= 0.6 is 11.6 Å². The molecule has 0 aliphatic carbocycles. The summed E-state index contributed by atoms with van der Waals surface area (Å²) in [6, 6.07) is 6.65. The molecule has 0 aromatic heterocycles. The molecule has 1 heterocycles. The summed E-state index contributed by atoms with van der Waals surface area (Å²) in [4.78, 5) is 24.2. The minimum absolute atomic E-state index is 0.290. The Balaban J connectivity index is 2.42. The Morgan fingerprint density at radius 3 is 2.53 bits per heavy atom. The molecule has 0 bridgehead atoms. The molecule has 1 aliphatic heterocycles. The summed E-state index contributed by atoms with van der Waals surface area (Å²) in [5.74, 6) is -0.609. The Morgan fingerprint density at radius 1 is 1.27 bits per heavy atom. The van der Waals surface area contributed by atoms with E-state index in [1.165, 1.54) is 6.08 Å². The maximum Gasteiger partial charge on any atom is 0.261 e. The zero-order valence-electron chi connectivity index (χ0n) is 8.03. The standard InChI is InChI=1S/C11H8ClNO2/c1-7-5-10(14)13(11(7)15)9-4-2-3-8(12)6-9/h2-6H,1H3. The van der Waals surface area contributed by atoms with Crippen LogP contribution in [0.4, 0.5) is 5.69 Å². The van der Waals surface area contributed by atoms with E-state index < -0.39 is 0 Å². The van der Waals surface area contributed by atoms with E-state index >= 15 is 0 Å². The van der Waals surface area contributed by atoms with Gasteiger partial charge in [0.25, 0.3) is 11.8 Å². The van der Waals surface area contributed by atoms with Crippen molar-refractivity contribution < 1.29 is 9.59 Å². The van der Waals surface area contributed by atoms with Crippen molar-refractivity contribution in [1.82, 2.24) is 0 Å². The van der Waals surface area contributed by atoms with Gasteiger partial charge in [-0.15, -0.1) is 0 Å². The van der Waals surface area contributed by atoms with E-state index in [4.69, 9.17) is 11.6 Å². The molecule has 0 fully saturated rings. The van der Waals surface area contributed by atoms with Gasteiger partial charge in [-0.05, 0) is 25.1 Å². The summed E-state index contributed by atoms with van der Waals surface area (Å²) in [6.07, 6.45) is 1.32. The van der Waals surface area contributed by atoms with Crippen molar-refractivity contribution in [3.05, 3.63) is 40.9 Å². The van der Waals surface area contributed by atoms with Gasteiger partial charge < -0.3 is 0 Å². The van der Waals surface area contributed by atoms with Crippen LogP contribution in [0.2, 0.25) is 5.02 Å². The molecule has 1 aromatic rings. The molecule has 4 heteroatoms. The van der Waals surface area contributed by atoms with Crippen molar-refractivity contribution in [1.29, 1.82) is 0 Å². The molecule has 15 heavy (non-hydrogen) atoms. The van der Waals surface area contributed by atoms with Crippen LogP contribution in [0.25, 0.3) is 0 Å². The number of carbonyl (C=O) groups excluding carboxylic acids is 2. The number of hydrogen-bond donors (Lipinski definition) is 0. The van der Waals surface area contributed by atoms with E-state index in [1.807, 2.05) is 0 Å². The van der Waals surface area contributed by atoms with Crippen LogP contribution in [0.5, 0.6) is 0 Å². The summed E-state index contributed by atoms with van der Waals surface area (Å²) in [7, 11) is 0. The number of hydrogen-bond acceptors (Lipinski definition) is 2. The van der Waals surface area contributed by atoms with Gasteiger partial charge in [-0.1, -0.05) is 17.7 Å². The molecule has 0 spiro atoms. The highest BCUT2D eigenvalue weighted by molar-refractivity contribution is 6.33. The Morgan fingerprint density at radius 2 is 2.00 bits per heavy atom. The van der Waals surface area contributed by atoms with Crippen molar-refractivity contribution >= 4 is 29.1 Å². The number of rotatable bonds is 1. The summed E-state index contributed by atoms with van der Waals surface area (Å²) >= 11 is 5.79. The lowest BCUT2D eigenvalue weighted by molar-refractivity contribution is -0.120. The van der Waals surface area contributed by atoms with E-state index in [2.05, 4.69) is 0 Å². The van der Waals surface area contributed by atoms with Gasteiger partial charge in [0.1, 0.15) is 0 Å². The maximum atomic E-state index is 11.6. The molecule has 0 saturated heterocycles. The number of halogens is 1. The zero-order valence-corrected chi connectivity index (χ0v) is 8.78. The monoisotopic (exact) mass is 221 g/mol. The molecule has 76 valence electrons. The Kier molecular flexibility index (Phi) is 2.32. The van der Waals surface area contributed by atoms with Crippen molar-refractivity contribution in [2.24, 2.45) is 0 Å².